The van der Waals surface area contributed by atoms with E-state index in [1.54, 1.807) is 18.0 Å². The molecular formula is C22H33FN5O2PS. The van der Waals surface area contributed by atoms with Crippen LogP contribution in [0, 0.1) is 11.7 Å². The molecule has 176 valence electrons. The van der Waals surface area contributed by atoms with Crippen molar-refractivity contribution in [3.05, 3.63) is 36.0 Å². The predicted octanol–water partition coefficient (Wildman–Crippen LogP) is 3.93. The number of carbonyl (C=O) groups is 1. The fourth-order valence-corrected chi connectivity index (χ4v) is 5.32. The van der Waals surface area contributed by atoms with Crippen LogP contribution in [0.5, 0.6) is 5.75 Å². The third-order valence-corrected chi connectivity index (χ3v) is 7.47. The SMILES string of the molecule is CCCC(CCN)CPC(=O)/C(=N/C=C(/N)N1CCOc2cc(F)ccc21)S/C(C)=N/C. The van der Waals surface area contributed by atoms with E-state index in [0.29, 0.717) is 47.9 Å². The lowest BCUT2D eigenvalue weighted by molar-refractivity contribution is -0.105. The van der Waals surface area contributed by atoms with E-state index in [2.05, 4.69) is 16.9 Å². The Kier molecular flexibility index (Phi) is 11.1. The first kappa shape index (κ1) is 26.3. The third-order valence-electron chi connectivity index (χ3n) is 4.99. The van der Waals surface area contributed by atoms with Gasteiger partial charge in [0, 0.05) is 13.1 Å². The number of nitrogens with zero attached hydrogens (tertiary/aromatic N) is 3. The van der Waals surface area contributed by atoms with Crippen LogP contribution < -0.4 is 21.1 Å². The van der Waals surface area contributed by atoms with Crippen LogP contribution in [0.15, 0.2) is 40.2 Å². The molecule has 7 nitrogen and oxygen atoms in total. The number of ether oxygens (including phenoxy) is 1. The van der Waals surface area contributed by atoms with Crippen LogP contribution in [0.4, 0.5) is 10.1 Å². The van der Waals surface area contributed by atoms with Crippen LogP contribution >= 0.6 is 20.3 Å². The van der Waals surface area contributed by atoms with Gasteiger partial charge in [-0.15, -0.1) is 0 Å². The number of aliphatic imine (C=N–C) groups is 2. The zero-order valence-corrected chi connectivity index (χ0v) is 20.8. The van der Waals surface area contributed by atoms with Crippen molar-refractivity contribution in [3.8, 4) is 5.75 Å². The van der Waals surface area contributed by atoms with Gasteiger partial charge < -0.3 is 21.1 Å². The summed E-state index contributed by atoms with van der Waals surface area (Å²) in [6.07, 6.45) is 5.36. The molecule has 10 heteroatoms. The van der Waals surface area contributed by atoms with E-state index in [1.165, 1.54) is 30.1 Å². The Bertz CT molecular complexity index is 872. The summed E-state index contributed by atoms with van der Waals surface area (Å²) >= 11 is 1.25. The average Bonchev–Trinajstić information content (AvgIpc) is 2.79. The van der Waals surface area contributed by atoms with E-state index >= 15 is 0 Å². The Morgan fingerprint density at radius 2 is 2.22 bits per heavy atom. The first-order valence-corrected chi connectivity index (χ1v) is 12.7. The summed E-state index contributed by atoms with van der Waals surface area (Å²) < 4.78 is 19.1. The number of fused-ring (bicyclic) bond motifs is 1. The molecule has 0 aromatic heterocycles. The lowest BCUT2D eigenvalue weighted by atomic mass is 10.0. The van der Waals surface area contributed by atoms with Crippen LogP contribution in [0.3, 0.4) is 0 Å². The molecule has 0 fully saturated rings. The molecule has 1 heterocycles. The van der Waals surface area contributed by atoms with E-state index in [4.69, 9.17) is 16.2 Å². The van der Waals surface area contributed by atoms with Gasteiger partial charge in [0.1, 0.15) is 29.0 Å². The maximum atomic E-state index is 13.5. The summed E-state index contributed by atoms with van der Waals surface area (Å²) in [4.78, 5) is 23.3. The van der Waals surface area contributed by atoms with Crippen molar-refractivity contribution in [1.82, 2.24) is 0 Å². The van der Waals surface area contributed by atoms with Crippen molar-refractivity contribution in [3.63, 3.8) is 0 Å². The highest BCUT2D eigenvalue weighted by molar-refractivity contribution is 8.29. The lowest BCUT2D eigenvalue weighted by Gasteiger charge is -2.30. The van der Waals surface area contributed by atoms with Crippen molar-refractivity contribution >= 4 is 41.6 Å². The fraction of sp³-hybridized carbons (Fsp3) is 0.500. The molecule has 1 aromatic rings. The standard InChI is InChI=1S/C22H33FN5O2PS/c1-4-5-16(8-9-24)14-31-22(29)21(32-15(2)26-3)27-13-20(25)28-10-11-30-19-12-17(23)6-7-18(19)28/h6-7,12-13,16,31H,4-5,8-11,14,24-25H2,1-3H3/b20-13-,26-15+,27-21-. The second-order valence-corrected chi connectivity index (χ2v) is 9.78. The minimum absolute atomic E-state index is 0.00961. The van der Waals surface area contributed by atoms with Gasteiger partial charge in [0.05, 0.1) is 23.5 Å². The van der Waals surface area contributed by atoms with E-state index in [0.717, 1.165) is 30.5 Å². The Morgan fingerprint density at radius 1 is 1.44 bits per heavy atom. The van der Waals surface area contributed by atoms with Crippen LogP contribution in [0.2, 0.25) is 0 Å². The van der Waals surface area contributed by atoms with E-state index in [1.807, 2.05) is 6.92 Å². The van der Waals surface area contributed by atoms with Gasteiger partial charge >= 0.3 is 0 Å². The van der Waals surface area contributed by atoms with Gasteiger partial charge in [0.25, 0.3) is 0 Å². The molecule has 1 aliphatic heterocycles. The van der Waals surface area contributed by atoms with Crippen LogP contribution in [0.1, 0.15) is 33.1 Å². The van der Waals surface area contributed by atoms with Gasteiger partial charge in [0.15, 0.2) is 0 Å². The molecule has 4 N–H and O–H groups in total. The largest absolute Gasteiger partial charge is 0.489 e. The highest BCUT2D eigenvalue weighted by atomic mass is 32.2. The normalized spacial score (nSPS) is 16.3. The zero-order valence-electron chi connectivity index (χ0n) is 18.9. The lowest BCUT2D eigenvalue weighted by Crippen LogP contribution is -2.35. The average molecular weight is 482 g/mol. The number of hydrogen-bond donors (Lipinski definition) is 2. The molecule has 2 unspecified atom stereocenters. The summed E-state index contributed by atoms with van der Waals surface area (Å²) in [5.74, 6) is 0.861. The van der Waals surface area contributed by atoms with Crippen molar-refractivity contribution in [2.75, 3.05) is 37.8 Å². The predicted molar refractivity (Wildman–Crippen MR) is 136 cm³/mol. The van der Waals surface area contributed by atoms with Crippen molar-refractivity contribution in [2.24, 2.45) is 27.4 Å². The Hall–Kier alpha value is -1.96. The second-order valence-electron chi connectivity index (χ2n) is 7.39. The van der Waals surface area contributed by atoms with Crippen LogP contribution in [0.25, 0.3) is 0 Å². The minimum Gasteiger partial charge on any atom is -0.489 e. The molecular weight excluding hydrogens is 448 g/mol. The second kappa shape index (κ2) is 13.6. The van der Waals surface area contributed by atoms with Gasteiger partial charge in [-0.3, -0.25) is 9.79 Å². The molecule has 0 spiro atoms. The molecule has 0 saturated carbocycles. The van der Waals surface area contributed by atoms with Crippen LogP contribution in [-0.2, 0) is 4.79 Å². The number of carbonyl (C=O) groups excluding carboxylic acids is 1. The molecule has 1 aromatic carbocycles. The van der Waals surface area contributed by atoms with E-state index in [-0.39, 0.29) is 19.9 Å². The molecule has 32 heavy (non-hydrogen) atoms. The van der Waals surface area contributed by atoms with Crippen molar-refractivity contribution in [2.45, 2.75) is 33.1 Å². The summed E-state index contributed by atoms with van der Waals surface area (Å²) in [7, 11) is 1.80. The quantitative estimate of drug-likeness (QED) is 0.298. The summed E-state index contributed by atoms with van der Waals surface area (Å²) in [5, 5.41) is 1.11. The summed E-state index contributed by atoms with van der Waals surface area (Å²) in [6.45, 7) is 5.49. The maximum Gasteiger partial charge on any atom is 0.206 e. The summed E-state index contributed by atoms with van der Waals surface area (Å²) in [5.41, 5.74) is 12.7. The van der Waals surface area contributed by atoms with Gasteiger partial charge in [-0.25, -0.2) is 9.38 Å². The number of thioether (sulfide) groups is 1. The Balaban J connectivity index is 2.20. The van der Waals surface area contributed by atoms with Gasteiger partial charge in [0.2, 0.25) is 5.52 Å². The smallest absolute Gasteiger partial charge is 0.206 e. The Labute approximate surface area is 195 Å². The van der Waals surface area contributed by atoms with Crippen molar-refractivity contribution in [1.29, 1.82) is 0 Å². The Morgan fingerprint density at radius 3 is 2.91 bits per heavy atom. The molecule has 0 radical (unpaired) electrons. The maximum absolute atomic E-state index is 13.5. The van der Waals surface area contributed by atoms with E-state index < -0.39 is 0 Å². The monoisotopic (exact) mass is 481 g/mol. The molecule has 0 aliphatic carbocycles. The van der Waals surface area contributed by atoms with Crippen molar-refractivity contribution < 1.29 is 13.9 Å². The van der Waals surface area contributed by atoms with E-state index in [9.17, 15) is 9.18 Å². The topological polar surface area (TPSA) is 106 Å². The number of nitrogens with two attached hydrogens (primary N) is 2. The molecule has 2 atom stereocenters. The number of anilines is 1. The molecule has 0 amide bonds. The number of hydrogen-bond acceptors (Lipinski definition) is 8. The van der Waals surface area contributed by atoms with Gasteiger partial charge in [-0.2, -0.15) is 0 Å². The molecule has 2 rings (SSSR count). The van der Waals surface area contributed by atoms with Crippen LogP contribution in [-0.4, -0.2) is 48.5 Å². The zero-order chi connectivity index (χ0) is 23.5. The van der Waals surface area contributed by atoms with Gasteiger partial charge in [-0.1, -0.05) is 31.5 Å². The first-order valence-electron chi connectivity index (χ1n) is 10.7. The first-order chi connectivity index (χ1) is 15.4. The fourth-order valence-electron chi connectivity index (χ4n) is 3.28. The third kappa shape index (κ3) is 7.87. The number of benzene rings is 1. The number of halogens is 1. The van der Waals surface area contributed by atoms with Gasteiger partial charge in [-0.05, 0) is 52.7 Å². The molecule has 0 saturated heterocycles. The number of rotatable bonds is 10. The molecule has 0 bridgehead atoms. The minimum atomic E-state index is -0.373. The highest BCUT2D eigenvalue weighted by Gasteiger charge is 2.21. The summed E-state index contributed by atoms with van der Waals surface area (Å²) in [6, 6.07) is 4.31. The molecule has 1 aliphatic rings. The highest BCUT2D eigenvalue weighted by Crippen LogP contribution is 2.33.